The van der Waals surface area contributed by atoms with Crippen molar-refractivity contribution in [3.05, 3.63) is 0 Å². The summed E-state index contributed by atoms with van der Waals surface area (Å²) in [5, 5.41) is 13.5. The second-order valence-corrected chi connectivity index (χ2v) is 7.76. The van der Waals surface area contributed by atoms with Gasteiger partial charge in [0.15, 0.2) is 0 Å². The van der Waals surface area contributed by atoms with Crippen LogP contribution in [0, 0.1) is 23.7 Å². The number of piperidine rings is 1. The molecular formula is C18H36N2O. The highest BCUT2D eigenvalue weighted by molar-refractivity contribution is 4.90. The molecule has 1 heterocycles. The molecule has 0 aromatic carbocycles. The van der Waals surface area contributed by atoms with Gasteiger partial charge < -0.3 is 15.3 Å². The summed E-state index contributed by atoms with van der Waals surface area (Å²) in [6.45, 7) is 13.7. The van der Waals surface area contributed by atoms with E-state index in [4.69, 9.17) is 0 Å². The number of nitrogens with zero attached hydrogens (tertiary/aromatic N) is 1. The van der Waals surface area contributed by atoms with E-state index >= 15 is 0 Å². The molecule has 2 aliphatic rings. The first-order valence-electron chi connectivity index (χ1n) is 9.15. The lowest BCUT2D eigenvalue weighted by atomic mass is 9.72. The lowest BCUT2D eigenvalue weighted by Gasteiger charge is -2.44. The fraction of sp³-hybridized carbons (Fsp3) is 1.00. The first kappa shape index (κ1) is 17.2. The largest absolute Gasteiger partial charge is 0.393 e. The minimum atomic E-state index is -0.129. The van der Waals surface area contributed by atoms with Crippen LogP contribution >= 0.6 is 0 Å². The number of rotatable bonds is 5. The van der Waals surface area contributed by atoms with Crippen LogP contribution in [0.3, 0.4) is 0 Å². The topological polar surface area (TPSA) is 35.5 Å². The van der Waals surface area contributed by atoms with E-state index in [1.807, 2.05) is 6.92 Å². The quantitative estimate of drug-likeness (QED) is 0.819. The van der Waals surface area contributed by atoms with Crippen LogP contribution in [0.25, 0.3) is 0 Å². The zero-order valence-electron chi connectivity index (χ0n) is 14.5. The summed E-state index contributed by atoms with van der Waals surface area (Å²) in [6, 6.07) is 0.697. The van der Waals surface area contributed by atoms with Crippen molar-refractivity contribution in [2.24, 2.45) is 23.7 Å². The molecule has 0 aromatic rings. The molecule has 0 aromatic heterocycles. The van der Waals surface area contributed by atoms with Crippen molar-refractivity contribution in [2.45, 2.75) is 65.5 Å². The number of aliphatic hydroxyl groups excluding tert-OH is 1. The predicted octanol–water partition coefficient (Wildman–Crippen LogP) is 2.74. The van der Waals surface area contributed by atoms with Gasteiger partial charge in [0.05, 0.1) is 6.10 Å². The monoisotopic (exact) mass is 296 g/mol. The molecule has 1 aliphatic heterocycles. The van der Waals surface area contributed by atoms with Crippen LogP contribution in [-0.2, 0) is 0 Å². The van der Waals surface area contributed by atoms with Crippen molar-refractivity contribution in [1.82, 2.24) is 10.2 Å². The average molecular weight is 296 g/mol. The molecule has 0 amide bonds. The van der Waals surface area contributed by atoms with Gasteiger partial charge in [0, 0.05) is 12.6 Å². The van der Waals surface area contributed by atoms with Gasteiger partial charge in [-0.1, -0.05) is 20.8 Å². The van der Waals surface area contributed by atoms with E-state index in [2.05, 4.69) is 31.0 Å². The van der Waals surface area contributed by atoms with Crippen LogP contribution < -0.4 is 5.32 Å². The van der Waals surface area contributed by atoms with Gasteiger partial charge in [0.25, 0.3) is 0 Å². The van der Waals surface area contributed by atoms with Crippen molar-refractivity contribution in [1.29, 1.82) is 0 Å². The van der Waals surface area contributed by atoms with Gasteiger partial charge >= 0.3 is 0 Å². The second-order valence-electron chi connectivity index (χ2n) is 7.76. The van der Waals surface area contributed by atoms with Gasteiger partial charge in [-0.2, -0.15) is 0 Å². The molecule has 2 N–H and O–H groups in total. The third-order valence-electron chi connectivity index (χ3n) is 5.93. The Morgan fingerprint density at radius 3 is 2.43 bits per heavy atom. The maximum Gasteiger partial charge on any atom is 0.0541 e. The van der Waals surface area contributed by atoms with Crippen LogP contribution in [0.15, 0.2) is 0 Å². The van der Waals surface area contributed by atoms with Gasteiger partial charge in [-0.05, 0) is 75.9 Å². The van der Waals surface area contributed by atoms with Crippen molar-refractivity contribution < 1.29 is 5.11 Å². The Balaban J connectivity index is 1.88. The fourth-order valence-electron chi connectivity index (χ4n) is 4.63. The zero-order valence-corrected chi connectivity index (χ0v) is 14.5. The summed E-state index contributed by atoms with van der Waals surface area (Å²) in [7, 11) is 0. The molecule has 1 aliphatic carbocycles. The summed E-state index contributed by atoms with van der Waals surface area (Å²) >= 11 is 0. The predicted molar refractivity (Wildman–Crippen MR) is 89.4 cm³/mol. The lowest BCUT2D eigenvalue weighted by molar-refractivity contribution is 0.0470. The molecule has 21 heavy (non-hydrogen) atoms. The van der Waals surface area contributed by atoms with E-state index in [1.165, 1.54) is 45.3 Å². The Hall–Kier alpha value is -0.120. The highest BCUT2D eigenvalue weighted by atomic mass is 16.3. The van der Waals surface area contributed by atoms with Crippen LogP contribution in [-0.4, -0.2) is 48.3 Å². The fourth-order valence-corrected chi connectivity index (χ4v) is 4.63. The van der Waals surface area contributed by atoms with Crippen molar-refractivity contribution in [2.75, 3.05) is 26.2 Å². The van der Waals surface area contributed by atoms with E-state index in [0.717, 1.165) is 24.3 Å². The van der Waals surface area contributed by atoms with Gasteiger partial charge in [-0.15, -0.1) is 0 Å². The van der Waals surface area contributed by atoms with E-state index < -0.39 is 0 Å². The maximum atomic E-state index is 9.74. The summed E-state index contributed by atoms with van der Waals surface area (Å²) in [4.78, 5) is 2.65. The highest BCUT2D eigenvalue weighted by Crippen LogP contribution is 2.35. The molecule has 2 rings (SSSR count). The minimum absolute atomic E-state index is 0.129. The summed E-state index contributed by atoms with van der Waals surface area (Å²) in [6.07, 6.45) is 4.93. The summed E-state index contributed by atoms with van der Waals surface area (Å²) in [5.41, 5.74) is 0. The molecule has 0 radical (unpaired) electrons. The van der Waals surface area contributed by atoms with Crippen molar-refractivity contribution >= 4 is 0 Å². The first-order chi connectivity index (χ1) is 10.0. The Morgan fingerprint density at radius 2 is 1.86 bits per heavy atom. The Morgan fingerprint density at radius 1 is 1.19 bits per heavy atom. The smallest absolute Gasteiger partial charge is 0.0541 e. The first-order valence-corrected chi connectivity index (χ1v) is 9.15. The van der Waals surface area contributed by atoms with E-state index in [0.29, 0.717) is 12.0 Å². The molecule has 0 spiro atoms. The summed E-state index contributed by atoms with van der Waals surface area (Å²) in [5.74, 6) is 3.01. The van der Waals surface area contributed by atoms with E-state index in [-0.39, 0.29) is 6.10 Å². The third kappa shape index (κ3) is 4.67. The van der Waals surface area contributed by atoms with E-state index in [9.17, 15) is 5.11 Å². The standard InChI is InChI=1S/C18H36N2O/c1-5-19-18-11-13(2)10-14(3)17(18)12-20-8-6-16(7-9-20)15(4)21/h13-19,21H,5-12H2,1-4H3. The maximum absolute atomic E-state index is 9.74. The van der Waals surface area contributed by atoms with Crippen molar-refractivity contribution in [3.63, 3.8) is 0 Å². The molecule has 3 nitrogen and oxygen atoms in total. The number of hydrogen-bond donors (Lipinski definition) is 2. The normalized spacial score (nSPS) is 37.6. The summed E-state index contributed by atoms with van der Waals surface area (Å²) < 4.78 is 0. The van der Waals surface area contributed by atoms with E-state index in [1.54, 1.807) is 0 Å². The van der Waals surface area contributed by atoms with Gasteiger partial charge in [-0.3, -0.25) is 0 Å². The molecule has 2 fully saturated rings. The number of hydrogen-bond acceptors (Lipinski definition) is 3. The van der Waals surface area contributed by atoms with Crippen molar-refractivity contribution in [3.8, 4) is 0 Å². The van der Waals surface area contributed by atoms with Gasteiger partial charge in [-0.25, -0.2) is 0 Å². The van der Waals surface area contributed by atoms with Gasteiger partial charge in [0.1, 0.15) is 0 Å². The molecular weight excluding hydrogens is 260 g/mol. The Bertz CT molecular complexity index is 300. The molecule has 3 heteroatoms. The lowest BCUT2D eigenvalue weighted by Crippen LogP contribution is -2.50. The average Bonchev–Trinajstić information content (AvgIpc) is 2.43. The molecule has 0 bridgehead atoms. The third-order valence-corrected chi connectivity index (χ3v) is 5.93. The molecule has 5 unspecified atom stereocenters. The molecule has 124 valence electrons. The molecule has 1 saturated heterocycles. The Kier molecular flexibility index (Phi) is 6.51. The van der Waals surface area contributed by atoms with Crippen LogP contribution in [0.5, 0.6) is 0 Å². The minimum Gasteiger partial charge on any atom is -0.393 e. The second kappa shape index (κ2) is 7.94. The molecule has 1 saturated carbocycles. The van der Waals surface area contributed by atoms with Gasteiger partial charge in [0.2, 0.25) is 0 Å². The SMILES string of the molecule is CCNC1CC(C)CC(C)C1CN1CCC(C(C)O)CC1. The van der Waals surface area contributed by atoms with Crippen LogP contribution in [0.4, 0.5) is 0 Å². The van der Waals surface area contributed by atoms with Crippen LogP contribution in [0.1, 0.15) is 53.4 Å². The zero-order chi connectivity index (χ0) is 15.4. The van der Waals surface area contributed by atoms with Crippen LogP contribution in [0.2, 0.25) is 0 Å². The number of aliphatic hydroxyl groups is 1. The Labute approximate surface area is 131 Å². The highest BCUT2D eigenvalue weighted by Gasteiger charge is 2.35. The number of nitrogens with one attached hydrogen (secondary N) is 1. The number of likely N-dealkylation sites (tertiary alicyclic amines) is 1. The molecule has 5 atom stereocenters.